The van der Waals surface area contributed by atoms with Crippen LogP contribution in [0.5, 0.6) is 0 Å². The molecule has 0 unspecified atom stereocenters. The van der Waals surface area contributed by atoms with Gasteiger partial charge in [0.15, 0.2) is 0 Å². The number of hydrazine groups is 1. The Balaban J connectivity index is 1.56. The summed E-state index contributed by atoms with van der Waals surface area (Å²) in [5, 5.41) is 0.321. The van der Waals surface area contributed by atoms with Gasteiger partial charge < -0.3 is 0 Å². The van der Waals surface area contributed by atoms with Gasteiger partial charge in [0.1, 0.15) is 0 Å². The average molecular weight is 383 g/mol. The molecule has 26 heavy (non-hydrogen) atoms. The normalized spacial score (nSPS) is 10.7. The van der Waals surface area contributed by atoms with Crippen molar-refractivity contribution in [3.8, 4) is 10.4 Å². The molecule has 1 heterocycles. The fourth-order valence-electron chi connectivity index (χ4n) is 2.23. The van der Waals surface area contributed by atoms with Crippen LogP contribution in [0.25, 0.3) is 16.5 Å². The van der Waals surface area contributed by atoms with Crippen molar-refractivity contribution in [3.63, 3.8) is 0 Å². The van der Waals surface area contributed by atoms with Crippen LogP contribution in [0.1, 0.15) is 15.2 Å². The van der Waals surface area contributed by atoms with Gasteiger partial charge in [0.2, 0.25) is 0 Å². The maximum Gasteiger partial charge on any atom is 0.271 e. The number of nitrogens with one attached hydrogen (secondary N) is 2. The molecule has 0 bridgehead atoms. The van der Waals surface area contributed by atoms with E-state index in [-0.39, 0.29) is 0 Å². The molecule has 0 aliphatic heterocycles. The average Bonchev–Trinajstić information content (AvgIpc) is 3.14. The topological polar surface area (TPSA) is 58.2 Å². The number of amides is 2. The molecule has 0 spiro atoms. The number of hydrogen-bond acceptors (Lipinski definition) is 3. The molecule has 3 rings (SSSR count). The van der Waals surface area contributed by atoms with E-state index in [0.717, 1.165) is 15.3 Å². The molecule has 0 aliphatic carbocycles. The smallest absolute Gasteiger partial charge is 0.268 e. The van der Waals surface area contributed by atoms with Crippen LogP contribution in [0.15, 0.2) is 72.8 Å². The van der Waals surface area contributed by atoms with Gasteiger partial charge in [-0.3, -0.25) is 20.4 Å². The Labute approximate surface area is 160 Å². The third kappa shape index (κ3) is 4.59. The lowest BCUT2D eigenvalue weighted by atomic mass is 10.2. The lowest BCUT2D eigenvalue weighted by molar-refractivity contribution is -0.117. The number of halogens is 1. The predicted molar refractivity (Wildman–Crippen MR) is 106 cm³/mol. The summed E-state index contributed by atoms with van der Waals surface area (Å²) in [5.41, 5.74) is 6.10. The van der Waals surface area contributed by atoms with Gasteiger partial charge in [0.05, 0.1) is 10.6 Å². The number of carbonyl (C=O) groups is 2. The van der Waals surface area contributed by atoms with Crippen molar-refractivity contribution in [2.45, 2.75) is 0 Å². The minimum atomic E-state index is -0.472. The molecule has 3 aromatic rings. The zero-order chi connectivity index (χ0) is 18.4. The minimum Gasteiger partial charge on any atom is -0.268 e. The molecule has 0 saturated heterocycles. The number of carbonyl (C=O) groups excluding carboxylic acids is 2. The third-order valence-corrected chi connectivity index (χ3v) is 4.93. The van der Waals surface area contributed by atoms with E-state index in [1.807, 2.05) is 42.5 Å². The third-order valence-electron chi connectivity index (χ3n) is 3.50. The Hall–Kier alpha value is -2.89. The first-order valence-corrected chi connectivity index (χ1v) is 9.01. The van der Waals surface area contributed by atoms with E-state index in [1.54, 1.807) is 41.7 Å². The number of thiophene rings is 1. The van der Waals surface area contributed by atoms with Crippen molar-refractivity contribution in [3.05, 3.63) is 88.3 Å². The highest BCUT2D eigenvalue weighted by Crippen LogP contribution is 2.28. The number of hydrogen-bond donors (Lipinski definition) is 2. The van der Waals surface area contributed by atoms with Gasteiger partial charge in [-0.2, -0.15) is 0 Å². The van der Waals surface area contributed by atoms with E-state index < -0.39 is 11.8 Å². The molecular weight excluding hydrogens is 368 g/mol. The quantitative estimate of drug-likeness (QED) is 0.514. The molecule has 0 saturated carbocycles. The van der Waals surface area contributed by atoms with E-state index >= 15 is 0 Å². The van der Waals surface area contributed by atoms with Crippen molar-refractivity contribution >= 4 is 40.8 Å². The van der Waals surface area contributed by atoms with Crippen molar-refractivity contribution in [1.82, 2.24) is 10.9 Å². The first-order chi connectivity index (χ1) is 12.6. The molecular formula is C20H15ClN2O2S. The van der Waals surface area contributed by atoms with Crippen LogP contribution in [-0.4, -0.2) is 11.8 Å². The van der Waals surface area contributed by atoms with Crippen LogP contribution in [0.3, 0.4) is 0 Å². The fourth-order valence-corrected chi connectivity index (χ4v) is 3.37. The summed E-state index contributed by atoms with van der Waals surface area (Å²) in [4.78, 5) is 25.9. The van der Waals surface area contributed by atoms with Crippen molar-refractivity contribution < 1.29 is 9.59 Å². The van der Waals surface area contributed by atoms with Crippen molar-refractivity contribution in [1.29, 1.82) is 0 Å². The fraction of sp³-hybridized carbons (Fsp3) is 0. The van der Waals surface area contributed by atoms with Gasteiger partial charge in [0, 0.05) is 15.8 Å². The zero-order valence-corrected chi connectivity index (χ0v) is 15.2. The summed E-state index contributed by atoms with van der Waals surface area (Å²) in [6, 6.07) is 20.6. The first-order valence-electron chi connectivity index (χ1n) is 7.81. The Morgan fingerprint density at radius 2 is 1.62 bits per heavy atom. The van der Waals surface area contributed by atoms with Crippen molar-refractivity contribution in [2.75, 3.05) is 0 Å². The second kappa shape index (κ2) is 8.47. The van der Waals surface area contributed by atoms with Gasteiger partial charge in [0.25, 0.3) is 11.8 Å². The second-order valence-corrected chi connectivity index (χ2v) is 6.85. The van der Waals surface area contributed by atoms with Gasteiger partial charge in [-0.05, 0) is 35.9 Å². The molecule has 2 N–H and O–H groups in total. The molecule has 1 aromatic heterocycles. The Bertz CT molecular complexity index is 951. The zero-order valence-electron chi connectivity index (χ0n) is 13.6. The summed E-state index contributed by atoms with van der Waals surface area (Å²) < 4.78 is 0. The van der Waals surface area contributed by atoms with E-state index in [1.165, 1.54) is 6.08 Å². The molecule has 4 nitrogen and oxygen atoms in total. The highest BCUT2D eigenvalue weighted by atomic mass is 35.5. The highest BCUT2D eigenvalue weighted by molar-refractivity contribution is 7.16. The molecule has 130 valence electrons. The molecule has 6 heteroatoms. The molecule has 0 atom stereocenters. The van der Waals surface area contributed by atoms with E-state index in [9.17, 15) is 9.59 Å². The standard InChI is InChI=1S/C20H15ClN2O2S/c21-17-9-5-4-8-16(17)20(25)23-22-19(24)13-11-15-10-12-18(26-15)14-6-2-1-3-7-14/h1-13H,(H,22,24)(H,23,25)/b13-11+. The summed E-state index contributed by atoms with van der Waals surface area (Å²) in [6.45, 7) is 0. The van der Waals surface area contributed by atoms with Gasteiger partial charge >= 0.3 is 0 Å². The summed E-state index contributed by atoms with van der Waals surface area (Å²) in [6.07, 6.45) is 3.07. The molecule has 2 amide bonds. The summed E-state index contributed by atoms with van der Waals surface area (Å²) >= 11 is 7.52. The maximum absolute atomic E-state index is 12.0. The highest BCUT2D eigenvalue weighted by Gasteiger charge is 2.09. The SMILES string of the molecule is O=C(/C=C/c1ccc(-c2ccccc2)s1)NNC(=O)c1ccccc1Cl. The number of rotatable bonds is 4. The van der Waals surface area contributed by atoms with E-state index in [2.05, 4.69) is 10.9 Å². The minimum absolute atomic E-state index is 0.296. The van der Waals surface area contributed by atoms with E-state index in [0.29, 0.717) is 10.6 Å². The van der Waals surface area contributed by atoms with Crippen LogP contribution >= 0.6 is 22.9 Å². The predicted octanol–water partition coefficient (Wildman–Crippen LogP) is 4.54. The molecule has 2 aromatic carbocycles. The molecule has 0 fully saturated rings. The van der Waals surface area contributed by atoms with Gasteiger partial charge in [-0.15, -0.1) is 11.3 Å². The lowest BCUT2D eigenvalue weighted by Gasteiger charge is -2.06. The van der Waals surface area contributed by atoms with Crippen LogP contribution in [0.2, 0.25) is 5.02 Å². The monoisotopic (exact) mass is 382 g/mol. The largest absolute Gasteiger partial charge is 0.271 e. The first kappa shape index (κ1) is 17.9. The lowest BCUT2D eigenvalue weighted by Crippen LogP contribution is -2.40. The van der Waals surface area contributed by atoms with Crippen molar-refractivity contribution in [2.24, 2.45) is 0 Å². The molecule has 0 aliphatic rings. The maximum atomic E-state index is 12.0. The summed E-state index contributed by atoms with van der Waals surface area (Å²) in [7, 11) is 0. The molecule has 0 radical (unpaired) electrons. The van der Waals surface area contributed by atoms with Gasteiger partial charge in [-0.25, -0.2) is 0 Å². The Morgan fingerprint density at radius 1 is 0.885 bits per heavy atom. The van der Waals surface area contributed by atoms with Crippen LogP contribution < -0.4 is 10.9 Å². The van der Waals surface area contributed by atoms with Crippen LogP contribution in [0, 0.1) is 0 Å². The Kier molecular flexibility index (Phi) is 5.84. The summed E-state index contributed by atoms with van der Waals surface area (Å²) in [5.74, 6) is -0.903. The Morgan fingerprint density at radius 3 is 2.38 bits per heavy atom. The van der Waals surface area contributed by atoms with E-state index in [4.69, 9.17) is 11.6 Å². The number of benzene rings is 2. The van der Waals surface area contributed by atoms with Crippen LogP contribution in [-0.2, 0) is 4.79 Å². The van der Waals surface area contributed by atoms with Gasteiger partial charge in [-0.1, -0.05) is 54.1 Å². The second-order valence-electron chi connectivity index (χ2n) is 5.32. The van der Waals surface area contributed by atoms with Crippen LogP contribution in [0.4, 0.5) is 0 Å².